The van der Waals surface area contributed by atoms with Gasteiger partial charge >= 0.3 is 13.7 Å². The highest BCUT2D eigenvalue weighted by Crippen LogP contribution is 2.37. The Morgan fingerprint density at radius 2 is 1.27 bits per heavy atom. The molecule has 90 valence electrons. The van der Waals surface area contributed by atoms with E-state index in [0.717, 1.165) is 12.8 Å². The molecular weight excluding hydrogens is 308 g/mol. The van der Waals surface area contributed by atoms with Crippen molar-refractivity contribution in [2.45, 2.75) is 51.2 Å². The molecule has 0 aromatic carbocycles. The Morgan fingerprint density at radius 1 is 0.867 bits per heavy atom. The van der Waals surface area contributed by atoms with E-state index in [0.29, 0.717) is 6.04 Å². The SMILES string of the molecule is C[Si](Cl)(Cl)N(C1CCCCC1)[Si](C)(Cl)Cl. The van der Waals surface area contributed by atoms with Gasteiger partial charge in [0.05, 0.1) is 0 Å². The predicted octanol–water partition coefficient (Wildman–Crippen LogP) is 4.71. The van der Waals surface area contributed by atoms with E-state index >= 15 is 0 Å². The molecule has 1 saturated carbocycles. The molecule has 0 aliphatic heterocycles. The van der Waals surface area contributed by atoms with Crippen LogP contribution >= 0.6 is 44.3 Å². The van der Waals surface area contributed by atoms with Crippen molar-refractivity contribution in [3.63, 3.8) is 0 Å². The number of halogens is 4. The lowest BCUT2D eigenvalue weighted by Crippen LogP contribution is -2.59. The van der Waals surface area contributed by atoms with Crippen molar-refractivity contribution < 1.29 is 0 Å². The standard InChI is InChI=1S/C8H17Cl4NSi2/c1-14(9,10)13(15(2,11)12)8-6-4-3-5-7-8/h8H,3-7H2,1-2H3. The van der Waals surface area contributed by atoms with Gasteiger partial charge in [0, 0.05) is 6.04 Å². The van der Waals surface area contributed by atoms with Crippen molar-refractivity contribution >= 4 is 58.0 Å². The van der Waals surface area contributed by atoms with E-state index in [1.165, 1.54) is 19.3 Å². The Morgan fingerprint density at radius 3 is 1.60 bits per heavy atom. The fourth-order valence-electron chi connectivity index (χ4n) is 2.33. The van der Waals surface area contributed by atoms with Gasteiger partial charge in [0.2, 0.25) is 0 Å². The van der Waals surface area contributed by atoms with Gasteiger partial charge in [-0.2, -0.15) is 0 Å². The van der Waals surface area contributed by atoms with Gasteiger partial charge in [0.15, 0.2) is 0 Å². The summed E-state index contributed by atoms with van der Waals surface area (Å²) in [5, 5.41) is 0. The average Bonchev–Trinajstić information content (AvgIpc) is 2.00. The molecule has 0 radical (unpaired) electrons. The molecule has 0 unspecified atom stereocenters. The molecule has 1 aliphatic carbocycles. The highest BCUT2D eigenvalue weighted by atomic mass is 35.7. The summed E-state index contributed by atoms with van der Waals surface area (Å²) in [7, 11) is 0. The minimum atomic E-state index is -2.43. The van der Waals surface area contributed by atoms with Gasteiger partial charge in [-0.25, -0.2) is 0 Å². The molecule has 15 heavy (non-hydrogen) atoms. The molecule has 0 amide bonds. The summed E-state index contributed by atoms with van der Waals surface area (Å²) >= 11 is 25.3. The van der Waals surface area contributed by atoms with E-state index in [2.05, 4.69) is 4.23 Å². The molecule has 0 bridgehead atoms. The second kappa shape index (κ2) is 5.46. The molecule has 0 aromatic heterocycles. The van der Waals surface area contributed by atoms with Crippen molar-refractivity contribution in [1.29, 1.82) is 0 Å². The van der Waals surface area contributed by atoms with E-state index in [-0.39, 0.29) is 0 Å². The number of nitrogens with zero attached hydrogens (tertiary/aromatic N) is 1. The van der Waals surface area contributed by atoms with E-state index in [1.807, 2.05) is 13.1 Å². The first-order chi connectivity index (χ1) is 6.73. The van der Waals surface area contributed by atoms with Crippen LogP contribution in [0.25, 0.3) is 0 Å². The molecule has 7 heteroatoms. The summed E-state index contributed by atoms with van der Waals surface area (Å²) in [6.45, 7) is -1.09. The summed E-state index contributed by atoms with van der Waals surface area (Å²) in [6, 6.07) is 0.400. The van der Waals surface area contributed by atoms with Crippen LogP contribution in [0.4, 0.5) is 0 Å². The molecule has 0 spiro atoms. The minimum absolute atomic E-state index is 0.400. The quantitative estimate of drug-likeness (QED) is 0.536. The normalized spacial score (nSPS) is 21.0. The first kappa shape index (κ1) is 14.6. The highest BCUT2D eigenvalue weighted by Gasteiger charge is 2.47. The maximum atomic E-state index is 6.31. The molecular formula is C8H17Cl4NSi2. The average molecular weight is 325 g/mol. The van der Waals surface area contributed by atoms with Gasteiger partial charge in [-0.1, -0.05) is 19.3 Å². The molecule has 0 N–H and O–H groups in total. The van der Waals surface area contributed by atoms with Crippen molar-refractivity contribution in [3.05, 3.63) is 0 Å². The third-order valence-electron chi connectivity index (χ3n) is 2.79. The largest absolute Gasteiger partial charge is 0.317 e. The summed E-state index contributed by atoms with van der Waals surface area (Å²) in [5.41, 5.74) is 0. The first-order valence-electron chi connectivity index (χ1n) is 5.28. The number of rotatable bonds is 3. The zero-order valence-corrected chi connectivity index (χ0v) is 14.1. The van der Waals surface area contributed by atoms with Gasteiger partial charge in [0.1, 0.15) is 0 Å². The molecule has 1 nitrogen and oxygen atoms in total. The summed E-state index contributed by atoms with van der Waals surface area (Å²) in [4.78, 5) is 0. The number of hydrogen-bond donors (Lipinski definition) is 0. The minimum Gasteiger partial charge on any atom is -0.295 e. The molecule has 0 aromatic rings. The van der Waals surface area contributed by atoms with Crippen LogP contribution in [0, 0.1) is 0 Å². The van der Waals surface area contributed by atoms with E-state index in [1.54, 1.807) is 0 Å². The van der Waals surface area contributed by atoms with Crippen LogP contribution in [0.3, 0.4) is 0 Å². The zero-order valence-electron chi connectivity index (χ0n) is 9.07. The summed E-state index contributed by atoms with van der Waals surface area (Å²) < 4.78 is 2.07. The maximum Gasteiger partial charge on any atom is 0.317 e. The fourth-order valence-corrected chi connectivity index (χ4v) is 16.2. The lowest BCUT2D eigenvalue weighted by atomic mass is 9.96. The number of hydrogen-bond acceptors (Lipinski definition) is 1. The van der Waals surface area contributed by atoms with Crippen LogP contribution in [0.5, 0.6) is 0 Å². The third-order valence-corrected chi connectivity index (χ3v) is 11.8. The Labute approximate surface area is 113 Å². The van der Waals surface area contributed by atoms with Crippen molar-refractivity contribution in [2.24, 2.45) is 0 Å². The van der Waals surface area contributed by atoms with Crippen molar-refractivity contribution in [3.8, 4) is 0 Å². The predicted molar refractivity (Wildman–Crippen MR) is 75.4 cm³/mol. The Kier molecular flexibility index (Phi) is 5.32. The van der Waals surface area contributed by atoms with Gasteiger partial charge < -0.3 is 0 Å². The molecule has 1 fully saturated rings. The lowest BCUT2D eigenvalue weighted by Gasteiger charge is -2.43. The Hall–Kier alpha value is 1.55. The van der Waals surface area contributed by atoms with Gasteiger partial charge in [-0.05, 0) is 25.9 Å². The van der Waals surface area contributed by atoms with Gasteiger partial charge in [-0.3, -0.25) is 4.23 Å². The molecule has 1 rings (SSSR count). The van der Waals surface area contributed by atoms with Gasteiger partial charge in [-0.15, -0.1) is 44.3 Å². The van der Waals surface area contributed by atoms with Crippen LogP contribution in [0.1, 0.15) is 32.1 Å². The monoisotopic (exact) mass is 323 g/mol. The summed E-state index contributed by atoms with van der Waals surface area (Å²) in [5.74, 6) is 0. The lowest BCUT2D eigenvalue weighted by molar-refractivity contribution is 0.336. The van der Waals surface area contributed by atoms with E-state index in [9.17, 15) is 0 Å². The van der Waals surface area contributed by atoms with E-state index in [4.69, 9.17) is 44.3 Å². The van der Waals surface area contributed by atoms with E-state index < -0.39 is 13.7 Å². The smallest absolute Gasteiger partial charge is 0.295 e. The highest BCUT2D eigenvalue weighted by molar-refractivity contribution is 7.53. The third kappa shape index (κ3) is 4.38. The second-order valence-electron chi connectivity index (χ2n) is 4.35. The molecule has 0 heterocycles. The second-order valence-corrected chi connectivity index (χ2v) is 19.1. The zero-order chi connectivity index (χ0) is 11.7. The van der Waals surface area contributed by atoms with Crippen molar-refractivity contribution in [2.75, 3.05) is 0 Å². The topological polar surface area (TPSA) is 3.24 Å². The summed E-state index contributed by atoms with van der Waals surface area (Å²) in [6.07, 6.45) is 6.03. The van der Waals surface area contributed by atoms with Crippen LogP contribution in [0.2, 0.25) is 13.1 Å². The molecule has 1 aliphatic rings. The van der Waals surface area contributed by atoms with Crippen LogP contribution in [0.15, 0.2) is 0 Å². The molecule has 0 atom stereocenters. The van der Waals surface area contributed by atoms with Crippen LogP contribution in [-0.4, -0.2) is 24.0 Å². The Bertz CT molecular complexity index is 194. The maximum absolute atomic E-state index is 6.31. The van der Waals surface area contributed by atoms with Crippen molar-refractivity contribution in [1.82, 2.24) is 4.23 Å². The first-order valence-corrected chi connectivity index (χ1v) is 14.2. The fraction of sp³-hybridized carbons (Fsp3) is 1.00. The van der Waals surface area contributed by atoms with Crippen LogP contribution < -0.4 is 0 Å². The van der Waals surface area contributed by atoms with Gasteiger partial charge in [0.25, 0.3) is 0 Å². The van der Waals surface area contributed by atoms with Crippen LogP contribution in [-0.2, 0) is 0 Å². The Balaban J connectivity index is 2.80. The molecule has 0 saturated heterocycles.